The maximum absolute atomic E-state index is 10.6. The highest BCUT2D eigenvalue weighted by atomic mass is 16.4. The van der Waals surface area contributed by atoms with Gasteiger partial charge in [-0.3, -0.25) is 4.79 Å². The van der Waals surface area contributed by atoms with Gasteiger partial charge in [-0.25, -0.2) is 0 Å². The van der Waals surface area contributed by atoms with Gasteiger partial charge in [0.05, 0.1) is 0 Å². The smallest absolute Gasteiger partial charge is 0.423 e. The first kappa shape index (κ1) is 10.7. The fourth-order valence-electron chi connectivity index (χ4n) is 0.993. The monoisotopic (exact) mass is 190 g/mol. The lowest BCUT2D eigenvalue weighted by molar-refractivity contribution is -0.112. The van der Waals surface area contributed by atoms with E-state index >= 15 is 0 Å². The molecular formula is C10H11BO3. The van der Waals surface area contributed by atoms with Crippen molar-refractivity contribution < 1.29 is 14.8 Å². The number of benzene rings is 1. The van der Waals surface area contributed by atoms with Crippen LogP contribution in [0.3, 0.4) is 0 Å². The molecule has 0 aliphatic heterocycles. The van der Waals surface area contributed by atoms with Crippen LogP contribution in [0.15, 0.2) is 30.3 Å². The Labute approximate surface area is 82.8 Å². The third-order valence-corrected chi connectivity index (χ3v) is 1.75. The van der Waals surface area contributed by atoms with Crippen molar-refractivity contribution in [3.05, 3.63) is 35.9 Å². The zero-order valence-corrected chi connectivity index (χ0v) is 7.84. The average molecular weight is 190 g/mol. The molecular weight excluding hydrogens is 179 g/mol. The van der Waals surface area contributed by atoms with Crippen molar-refractivity contribution in [3.63, 3.8) is 0 Å². The molecule has 0 fully saturated rings. The zero-order chi connectivity index (χ0) is 10.6. The lowest BCUT2D eigenvalue weighted by Gasteiger charge is -1.98. The molecule has 2 N–H and O–H groups in total. The molecule has 1 aromatic carbocycles. The molecule has 4 heteroatoms. The standard InChI is InChI=1S/C10H11BO3/c1-8(12)2-3-9-4-6-10(7-5-9)11(13)14/h2-7,13-14H,1H3. The number of rotatable bonds is 3. The second kappa shape index (κ2) is 4.74. The van der Waals surface area contributed by atoms with E-state index in [9.17, 15) is 4.79 Å². The van der Waals surface area contributed by atoms with Crippen molar-refractivity contribution in [1.82, 2.24) is 0 Å². The van der Waals surface area contributed by atoms with E-state index in [1.807, 2.05) is 0 Å². The molecule has 0 saturated heterocycles. The second-order valence-electron chi connectivity index (χ2n) is 2.98. The Kier molecular flexibility index (Phi) is 3.62. The Morgan fingerprint density at radius 2 is 1.86 bits per heavy atom. The van der Waals surface area contributed by atoms with Crippen molar-refractivity contribution >= 4 is 24.4 Å². The minimum atomic E-state index is -1.44. The van der Waals surface area contributed by atoms with Crippen LogP contribution in [0.2, 0.25) is 0 Å². The third-order valence-electron chi connectivity index (χ3n) is 1.75. The third kappa shape index (κ3) is 3.16. The largest absolute Gasteiger partial charge is 0.488 e. The van der Waals surface area contributed by atoms with Gasteiger partial charge >= 0.3 is 7.12 Å². The minimum Gasteiger partial charge on any atom is -0.423 e. The van der Waals surface area contributed by atoms with Crippen LogP contribution in [0.25, 0.3) is 6.08 Å². The quantitative estimate of drug-likeness (QED) is 0.519. The SMILES string of the molecule is CC(=O)C=Cc1ccc(B(O)O)cc1. The van der Waals surface area contributed by atoms with Gasteiger partial charge in [-0.15, -0.1) is 0 Å². The number of ketones is 1. The van der Waals surface area contributed by atoms with E-state index in [0.29, 0.717) is 5.46 Å². The summed E-state index contributed by atoms with van der Waals surface area (Å²) in [7, 11) is -1.44. The van der Waals surface area contributed by atoms with Gasteiger partial charge < -0.3 is 10.0 Å². The van der Waals surface area contributed by atoms with Gasteiger partial charge in [0.15, 0.2) is 5.78 Å². The van der Waals surface area contributed by atoms with Crippen LogP contribution in [-0.4, -0.2) is 22.9 Å². The maximum atomic E-state index is 10.6. The van der Waals surface area contributed by atoms with Gasteiger partial charge in [-0.1, -0.05) is 30.3 Å². The van der Waals surface area contributed by atoms with Crippen molar-refractivity contribution in [2.24, 2.45) is 0 Å². The van der Waals surface area contributed by atoms with Gasteiger partial charge in [0, 0.05) is 0 Å². The van der Waals surface area contributed by atoms with E-state index in [0.717, 1.165) is 5.56 Å². The molecule has 0 amide bonds. The Morgan fingerprint density at radius 3 is 2.29 bits per heavy atom. The Hall–Kier alpha value is -1.39. The van der Waals surface area contributed by atoms with E-state index in [-0.39, 0.29) is 5.78 Å². The highest BCUT2D eigenvalue weighted by molar-refractivity contribution is 6.58. The normalized spacial score (nSPS) is 10.5. The van der Waals surface area contributed by atoms with Crippen molar-refractivity contribution in [2.45, 2.75) is 6.92 Å². The van der Waals surface area contributed by atoms with E-state index in [2.05, 4.69) is 0 Å². The van der Waals surface area contributed by atoms with Gasteiger partial charge in [-0.2, -0.15) is 0 Å². The fourth-order valence-corrected chi connectivity index (χ4v) is 0.993. The molecule has 0 aliphatic carbocycles. The molecule has 0 aromatic heterocycles. The molecule has 0 heterocycles. The molecule has 1 rings (SSSR count). The number of hydrogen-bond acceptors (Lipinski definition) is 3. The summed E-state index contributed by atoms with van der Waals surface area (Å²) in [6.07, 6.45) is 3.14. The summed E-state index contributed by atoms with van der Waals surface area (Å²) < 4.78 is 0. The number of allylic oxidation sites excluding steroid dienone is 1. The number of carbonyl (C=O) groups is 1. The summed E-state index contributed by atoms with van der Waals surface area (Å²) in [6, 6.07) is 6.64. The van der Waals surface area contributed by atoms with Gasteiger partial charge in [-0.05, 0) is 24.0 Å². The summed E-state index contributed by atoms with van der Waals surface area (Å²) >= 11 is 0. The van der Waals surface area contributed by atoms with Crippen molar-refractivity contribution in [2.75, 3.05) is 0 Å². The lowest BCUT2D eigenvalue weighted by atomic mass is 9.80. The van der Waals surface area contributed by atoms with E-state index in [1.165, 1.54) is 13.0 Å². The van der Waals surface area contributed by atoms with Crippen LogP contribution >= 0.6 is 0 Å². The second-order valence-corrected chi connectivity index (χ2v) is 2.98. The van der Waals surface area contributed by atoms with Crippen LogP contribution in [0.5, 0.6) is 0 Å². The van der Waals surface area contributed by atoms with Crippen molar-refractivity contribution in [3.8, 4) is 0 Å². The molecule has 3 nitrogen and oxygen atoms in total. The molecule has 0 spiro atoms. The Balaban J connectivity index is 2.78. The predicted molar refractivity (Wildman–Crippen MR) is 56.0 cm³/mol. The molecule has 0 aliphatic rings. The molecule has 0 saturated carbocycles. The maximum Gasteiger partial charge on any atom is 0.488 e. The van der Waals surface area contributed by atoms with Gasteiger partial charge in [0.25, 0.3) is 0 Å². The first-order valence-corrected chi connectivity index (χ1v) is 4.24. The molecule has 0 bridgehead atoms. The number of carbonyl (C=O) groups excluding carboxylic acids is 1. The Bertz CT molecular complexity index is 341. The van der Waals surface area contributed by atoms with E-state index < -0.39 is 7.12 Å². The number of hydrogen-bond donors (Lipinski definition) is 2. The fraction of sp³-hybridized carbons (Fsp3) is 0.100. The highest BCUT2D eigenvalue weighted by Gasteiger charge is 2.08. The molecule has 1 aromatic rings. The molecule has 14 heavy (non-hydrogen) atoms. The first-order valence-electron chi connectivity index (χ1n) is 4.24. The van der Waals surface area contributed by atoms with Crippen LogP contribution in [0.4, 0.5) is 0 Å². The topological polar surface area (TPSA) is 57.5 Å². The van der Waals surface area contributed by atoms with Crippen LogP contribution in [0.1, 0.15) is 12.5 Å². The molecule has 0 atom stereocenters. The summed E-state index contributed by atoms with van der Waals surface area (Å²) in [4.78, 5) is 10.6. The van der Waals surface area contributed by atoms with Crippen LogP contribution in [-0.2, 0) is 4.79 Å². The summed E-state index contributed by atoms with van der Waals surface area (Å²) in [6.45, 7) is 1.47. The molecule has 0 unspecified atom stereocenters. The lowest BCUT2D eigenvalue weighted by Crippen LogP contribution is -2.29. The van der Waals surface area contributed by atoms with Gasteiger partial charge in [0.1, 0.15) is 0 Å². The highest BCUT2D eigenvalue weighted by Crippen LogP contribution is 2.00. The predicted octanol–water partition coefficient (Wildman–Crippen LogP) is -0.0314. The van der Waals surface area contributed by atoms with E-state index in [1.54, 1.807) is 30.3 Å². The Morgan fingerprint density at radius 1 is 1.29 bits per heavy atom. The minimum absolute atomic E-state index is 0.0173. The first-order chi connectivity index (χ1) is 6.59. The van der Waals surface area contributed by atoms with Crippen LogP contribution < -0.4 is 5.46 Å². The summed E-state index contributed by atoms with van der Waals surface area (Å²) in [5.41, 5.74) is 1.29. The van der Waals surface area contributed by atoms with E-state index in [4.69, 9.17) is 10.0 Å². The average Bonchev–Trinajstić information content (AvgIpc) is 2.15. The molecule has 72 valence electrons. The molecule has 0 radical (unpaired) electrons. The van der Waals surface area contributed by atoms with Crippen LogP contribution in [0, 0.1) is 0 Å². The van der Waals surface area contributed by atoms with Crippen molar-refractivity contribution in [1.29, 1.82) is 0 Å². The zero-order valence-electron chi connectivity index (χ0n) is 7.84. The summed E-state index contributed by atoms with van der Waals surface area (Å²) in [5, 5.41) is 17.6. The summed E-state index contributed by atoms with van der Waals surface area (Å²) in [5.74, 6) is -0.0173. The van der Waals surface area contributed by atoms with Gasteiger partial charge in [0.2, 0.25) is 0 Å².